The predicted octanol–water partition coefficient (Wildman–Crippen LogP) is 3.39. The average Bonchev–Trinajstić information content (AvgIpc) is 3.02. The molecule has 2 aliphatic rings. The van der Waals surface area contributed by atoms with E-state index in [9.17, 15) is 9.18 Å². The van der Waals surface area contributed by atoms with Gasteiger partial charge in [-0.25, -0.2) is 4.39 Å². The van der Waals surface area contributed by atoms with Crippen LogP contribution in [0.5, 0.6) is 5.75 Å². The van der Waals surface area contributed by atoms with Crippen molar-refractivity contribution in [3.63, 3.8) is 0 Å². The van der Waals surface area contributed by atoms with Crippen LogP contribution in [0.1, 0.15) is 25.3 Å². The van der Waals surface area contributed by atoms with Crippen LogP contribution in [0.3, 0.4) is 0 Å². The minimum Gasteiger partial charge on any atom is -0.494 e. The molecule has 1 aliphatic heterocycles. The summed E-state index contributed by atoms with van der Waals surface area (Å²) in [5.41, 5.74) is 6.06. The minimum atomic E-state index is -0.733. The highest BCUT2D eigenvalue weighted by atomic mass is 19.1. The van der Waals surface area contributed by atoms with E-state index in [1.54, 1.807) is 12.1 Å². The lowest BCUT2D eigenvalue weighted by molar-refractivity contribution is -0.123. The molecule has 3 rings (SSSR count). The highest BCUT2D eigenvalue weighted by Gasteiger charge is 2.51. The van der Waals surface area contributed by atoms with Gasteiger partial charge in [0.2, 0.25) is 0 Å². The molecule has 0 bridgehead atoms. The van der Waals surface area contributed by atoms with Crippen molar-refractivity contribution < 1.29 is 23.4 Å². The van der Waals surface area contributed by atoms with Crippen LogP contribution >= 0.6 is 0 Å². The minimum absolute atomic E-state index is 0.0214. The summed E-state index contributed by atoms with van der Waals surface area (Å²) >= 11 is 0. The molecule has 2 N–H and O–H groups in total. The molecular formula is C20H24FNO4. The lowest BCUT2D eigenvalue weighted by atomic mass is 9.71. The first-order chi connectivity index (χ1) is 12.4. The zero-order valence-electron chi connectivity index (χ0n) is 15.1. The van der Waals surface area contributed by atoms with Crippen molar-refractivity contribution in [2.75, 3.05) is 19.6 Å². The van der Waals surface area contributed by atoms with E-state index in [0.29, 0.717) is 42.0 Å². The number of hydrogen-bond donors (Lipinski definition) is 1. The average molecular weight is 361 g/mol. The van der Waals surface area contributed by atoms with Gasteiger partial charge in [0.15, 0.2) is 12.6 Å². The van der Waals surface area contributed by atoms with Crippen molar-refractivity contribution in [2.24, 2.45) is 11.8 Å². The molecule has 140 valence electrons. The molecule has 1 unspecified atom stereocenters. The van der Waals surface area contributed by atoms with Crippen LogP contribution in [0, 0.1) is 17.7 Å². The third-order valence-electron chi connectivity index (χ3n) is 5.35. The lowest BCUT2D eigenvalue weighted by Crippen LogP contribution is -2.45. The first kappa shape index (κ1) is 18.5. The number of nitrogen functional groups attached to an aromatic ring is 1. The molecule has 3 atom stereocenters. The molecule has 1 heterocycles. The van der Waals surface area contributed by atoms with Crippen LogP contribution in [0.2, 0.25) is 0 Å². The molecule has 26 heavy (non-hydrogen) atoms. The van der Waals surface area contributed by atoms with Crippen molar-refractivity contribution in [2.45, 2.75) is 31.8 Å². The number of carbonyl (C=O) groups is 1. The number of anilines is 1. The fraction of sp³-hybridized carbons (Fsp3) is 0.450. The van der Waals surface area contributed by atoms with Crippen LogP contribution in [-0.4, -0.2) is 25.3 Å². The Labute approximate surface area is 152 Å². The highest BCUT2D eigenvalue weighted by molar-refractivity contribution is 5.93. The molecule has 0 saturated carbocycles. The van der Waals surface area contributed by atoms with Gasteiger partial charge in [-0.3, -0.25) is 4.79 Å². The Kier molecular flexibility index (Phi) is 5.05. The molecular weight excluding hydrogens is 337 g/mol. The van der Waals surface area contributed by atoms with Crippen molar-refractivity contribution >= 4 is 11.5 Å². The van der Waals surface area contributed by atoms with Gasteiger partial charge in [0.1, 0.15) is 22.9 Å². The normalized spacial score (nSPS) is 25.9. The molecule has 1 aromatic carbocycles. The van der Waals surface area contributed by atoms with E-state index in [2.05, 4.69) is 6.58 Å². The summed E-state index contributed by atoms with van der Waals surface area (Å²) in [6.45, 7) is 5.80. The number of ketones is 1. The van der Waals surface area contributed by atoms with Gasteiger partial charge in [-0.05, 0) is 36.8 Å². The van der Waals surface area contributed by atoms with Gasteiger partial charge in [0.25, 0.3) is 0 Å². The Hall–Kier alpha value is -2.34. The Morgan fingerprint density at radius 2 is 2.31 bits per heavy atom. The van der Waals surface area contributed by atoms with Gasteiger partial charge >= 0.3 is 0 Å². The summed E-state index contributed by atoms with van der Waals surface area (Å²) in [4.78, 5) is 12.3. The zero-order valence-corrected chi connectivity index (χ0v) is 15.1. The molecule has 5 nitrogen and oxygen atoms in total. The fourth-order valence-electron chi connectivity index (χ4n) is 3.86. The fourth-order valence-corrected chi connectivity index (χ4v) is 3.86. The van der Waals surface area contributed by atoms with Crippen molar-refractivity contribution in [3.05, 3.63) is 48.0 Å². The van der Waals surface area contributed by atoms with Crippen molar-refractivity contribution in [1.82, 2.24) is 0 Å². The second-order valence-electron chi connectivity index (χ2n) is 6.92. The van der Waals surface area contributed by atoms with Gasteiger partial charge in [0, 0.05) is 18.1 Å². The topological polar surface area (TPSA) is 70.8 Å². The van der Waals surface area contributed by atoms with E-state index >= 15 is 0 Å². The number of halogens is 1. The van der Waals surface area contributed by atoms with Crippen molar-refractivity contribution in [1.29, 1.82) is 0 Å². The van der Waals surface area contributed by atoms with E-state index in [1.165, 1.54) is 19.3 Å². The highest BCUT2D eigenvalue weighted by Crippen LogP contribution is 2.46. The number of allylic oxidation sites excluding steroid dienone is 2. The van der Waals surface area contributed by atoms with Gasteiger partial charge < -0.3 is 19.9 Å². The van der Waals surface area contributed by atoms with Crippen LogP contribution in [0.4, 0.5) is 10.1 Å². The van der Waals surface area contributed by atoms with Crippen LogP contribution < -0.4 is 10.5 Å². The number of fused-ring (bicyclic) bond motifs is 1. The largest absolute Gasteiger partial charge is 0.494 e. The summed E-state index contributed by atoms with van der Waals surface area (Å²) in [5.74, 6) is 0.182. The first-order valence-corrected chi connectivity index (χ1v) is 8.66. The van der Waals surface area contributed by atoms with Crippen LogP contribution in [0.15, 0.2) is 36.6 Å². The smallest absolute Gasteiger partial charge is 0.189 e. The Bertz CT molecular complexity index is 760. The van der Waals surface area contributed by atoms with Crippen LogP contribution in [0.25, 0.3) is 0 Å². The van der Waals surface area contributed by atoms with Gasteiger partial charge in [0.05, 0.1) is 12.8 Å². The quantitative estimate of drug-likeness (QED) is 0.621. The third kappa shape index (κ3) is 3.09. The number of methoxy groups -OCH3 is 1. The van der Waals surface area contributed by atoms with E-state index in [0.717, 1.165) is 0 Å². The van der Waals surface area contributed by atoms with Crippen molar-refractivity contribution in [3.8, 4) is 5.75 Å². The number of ether oxygens (including phenoxy) is 3. The summed E-state index contributed by atoms with van der Waals surface area (Å²) in [7, 11) is 1.45. The molecule has 1 fully saturated rings. The summed E-state index contributed by atoms with van der Waals surface area (Å²) in [6.07, 6.45) is 4.73. The first-order valence-electron chi connectivity index (χ1n) is 8.66. The molecule has 1 saturated heterocycles. The molecule has 1 aliphatic carbocycles. The molecule has 0 amide bonds. The SMILES string of the molecule is C=CC[C@H]1C[C@]2(C(C)Cc3cc(N)c(OC)cc3F)OCOC2=CC1=O. The van der Waals surface area contributed by atoms with E-state index in [-0.39, 0.29) is 30.2 Å². The zero-order chi connectivity index (χ0) is 18.9. The Balaban J connectivity index is 1.89. The maximum atomic E-state index is 14.5. The summed E-state index contributed by atoms with van der Waals surface area (Å²) < 4.78 is 31.0. The number of rotatable bonds is 6. The van der Waals surface area contributed by atoms with E-state index in [1.807, 2.05) is 6.92 Å². The monoisotopic (exact) mass is 361 g/mol. The second-order valence-corrected chi connectivity index (χ2v) is 6.92. The maximum absolute atomic E-state index is 14.5. The summed E-state index contributed by atoms with van der Waals surface area (Å²) in [5, 5.41) is 0. The van der Waals surface area contributed by atoms with Gasteiger partial charge in [-0.1, -0.05) is 13.0 Å². The number of nitrogens with two attached hydrogens (primary N) is 1. The number of benzene rings is 1. The molecule has 0 aromatic heterocycles. The number of carbonyl (C=O) groups excluding carboxylic acids is 1. The van der Waals surface area contributed by atoms with Crippen LogP contribution in [-0.2, 0) is 20.7 Å². The second kappa shape index (κ2) is 7.11. The summed E-state index contributed by atoms with van der Waals surface area (Å²) in [6, 6.07) is 2.89. The number of hydrogen-bond acceptors (Lipinski definition) is 5. The predicted molar refractivity (Wildman–Crippen MR) is 96.0 cm³/mol. The third-order valence-corrected chi connectivity index (χ3v) is 5.35. The standard InChI is InChI=1S/C20H24FNO4/c1-4-5-13-10-20(19(9-17(13)23)25-11-26-20)12(2)6-14-7-16(22)18(24-3)8-15(14)21/h4,7-9,12-13H,1,5-6,10-11,22H2,2-3H3/t12?,13-,20+/m0/s1. The van der Waals surface area contributed by atoms with Gasteiger partial charge in [-0.15, -0.1) is 6.58 Å². The molecule has 6 heteroatoms. The molecule has 1 aromatic rings. The molecule has 0 spiro atoms. The Morgan fingerprint density at radius 1 is 1.54 bits per heavy atom. The maximum Gasteiger partial charge on any atom is 0.189 e. The lowest BCUT2D eigenvalue weighted by Gasteiger charge is -2.38. The molecule has 0 radical (unpaired) electrons. The van der Waals surface area contributed by atoms with E-state index in [4.69, 9.17) is 19.9 Å². The van der Waals surface area contributed by atoms with E-state index < -0.39 is 5.60 Å². The van der Waals surface area contributed by atoms with Gasteiger partial charge in [-0.2, -0.15) is 0 Å². The Morgan fingerprint density at radius 3 is 3.00 bits per heavy atom.